The minimum absolute atomic E-state index is 0. The van der Waals surface area contributed by atoms with E-state index in [2.05, 4.69) is 5.32 Å². The molecule has 1 aromatic carbocycles. The molecule has 0 bridgehead atoms. The van der Waals surface area contributed by atoms with Gasteiger partial charge in [-0.15, -0.1) is 12.4 Å². The fourth-order valence-corrected chi connectivity index (χ4v) is 3.68. The zero-order chi connectivity index (χ0) is 15.3. The second kappa shape index (κ2) is 8.44. The summed E-state index contributed by atoms with van der Waals surface area (Å²) in [5.74, 6) is -0.437. The molecular formula is C13H20ClN3O4S. The standard InChI is InChI=1S/C13H19N3O4S.ClH/c14-5-6-15-13(17)11-3-1-2-4-12(11)21(18,19)16-7-9-20-10-8-16;/h1-4H,5-10,14H2,(H,15,17);1H. The average Bonchev–Trinajstić information content (AvgIpc) is 2.53. The molecule has 3 N–H and O–H groups in total. The molecule has 0 atom stereocenters. The van der Waals surface area contributed by atoms with Gasteiger partial charge in [0.05, 0.1) is 23.7 Å². The summed E-state index contributed by atoms with van der Waals surface area (Å²) in [6.07, 6.45) is 0. The summed E-state index contributed by atoms with van der Waals surface area (Å²) in [4.78, 5) is 12.1. The minimum atomic E-state index is -3.70. The van der Waals surface area contributed by atoms with Gasteiger partial charge in [-0.3, -0.25) is 4.79 Å². The second-order valence-electron chi connectivity index (χ2n) is 4.56. The van der Waals surface area contributed by atoms with E-state index >= 15 is 0 Å². The van der Waals surface area contributed by atoms with E-state index < -0.39 is 15.9 Å². The highest BCUT2D eigenvalue weighted by molar-refractivity contribution is 7.89. The van der Waals surface area contributed by atoms with E-state index in [-0.39, 0.29) is 22.9 Å². The SMILES string of the molecule is Cl.NCCNC(=O)c1ccccc1S(=O)(=O)N1CCOCC1. The number of nitrogens with two attached hydrogens (primary N) is 1. The van der Waals surface area contributed by atoms with E-state index in [0.717, 1.165) is 0 Å². The summed E-state index contributed by atoms with van der Waals surface area (Å²) in [5, 5.41) is 2.59. The maximum Gasteiger partial charge on any atom is 0.252 e. The van der Waals surface area contributed by atoms with Crippen LogP contribution in [0.3, 0.4) is 0 Å². The molecule has 1 aliphatic heterocycles. The molecule has 0 aromatic heterocycles. The van der Waals surface area contributed by atoms with E-state index in [9.17, 15) is 13.2 Å². The van der Waals surface area contributed by atoms with E-state index in [1.54, 1.807) is 12.1 Å². The number of halogens is 1. The predicted molar refractivity (Wildman–Crippen MR) is 84.7 cm³/mol. The monoisotopic (exact) mass is 349 g/mol. The van der Waals surface area contributed by atoms with Gasteiger partial charge in [-0.2, -0.15) is 4.31 Å². The number of nitrogens with zero attached hydrogens (tertiary/aromatic N) is 1. The van der Waals surface area contributed by atoms with Crippen molar-refractivity contribution in [3.8, 4) is 0 Å². The van der Waals surface area contributed by atoms with Gasteiger partial charge in [-0.25, -0.2) is 8.42 Å². The van der Waals surface area contributed by atoms with Crippen LogP contribution in [-0.2, 0) is 14.8 Å². The van der Waals surface area contributed by atoms with Crippen molar-refractivity contribution in [1.82, 2.24) is 9.62 Å². The molecule has 124 valence electrons. The third-order valence-corrected chi connectivity index (χ3v) is 5.11. The number of amides is 1. The molecule has 7 nitrogen and oxygen atoms in total. The number of sulfonamides is 1. The van der Waals surface area contributed by atoms with Crippen LogP contribution in [0, 0.1) is 0 Å². The van der Waals surface area contributed by atoms with Crippen molar-refractivity contribution in [2.24, 2.45) is 5.73 Å². The quantitative estimate of drug-likeness (QED) is 0.767. The van der Waals surface area contributed by atoms with Crippen molar-refractivity contribution in [1.29, 1.82) is 0 Å². The molecule has 0 aliphatic carbocycles. The van der Waals surface area contributed by atoms with Gasteiger partial charge >= 0.3 is 0 Å². The van der Waals surface area contributed by atoms with E-state index in [1.165, 1.54) is 16.4 Å². The van der Waals surface area contributed by atoms with Crippen molar-refractivity contribution in [3.05, 3.63) is 29.8 Å². The number of ether oxygens (including phenoxy) is 1. The lowest BCUT2D eigenvalue weighted by molar-refractivity contribution is 0.0730. The molecule has 1 aromatic rings. The van der Waals surface area contributed by atoms with Crippen LogP contribution in [0.2, 0.25) is 0 Å². The highest BCUT2D eigenvalue weighted by Gasteiger charge is 2.29. The summed E-state index contributed by atoms with van der Waals surface area (Å²) >= 11 is 0. The van der Waals surface area contributed by atoms with Crippen molar-refractivity contribution in [2.45, 2.75) is 4.90 Å². The number of nitrogens with one attached hydrogen (secondary N) is 1. The Labute approximate surface area is 136 Å². The molecule has 22 heavy (non-hydrogen) atoms. The van der Waals surface area contributed by atoms with Crippen LogP contribution in [-0.4, -0.2) is 58.0 Å². The fraction of sp³-hybridized carbons (Fsp3) is 0.462. The van der Waals surface area contributed by atoms with Crippen LogP contribution in [0.25, 0.3) is 0 Å². The van der Waals surface area contributed by atoms with Crippen molar-refractivity contribution < 1.29 is 17.9 Å². The number of hydrogen-bond donors (Lipinski definition) is 2. The van der Waals surface area contributed by atoms with E-state index in [4.69, 9.17) is 10.5 Å². The first-order valence-electron chi connectivity index (χ1n) is 6.72. The molecule has 0 spiro atoms. The molecule has 1 amide bonds. The van der Waals surface area contributed by atoms with Crippen LogP contribution in [0.5, 0.6) is 0 Å². The molecule has 0 saturated carbocycles. The summed E-state index contributed by atoms with van der Waals surface area (Å²) in [7, 11) is -3.70. The van der Waals surface area contributed by atoms with Crippen LogP contribution in [0.4, 0.5) is 0 Å². The Morgan fingerprint density at radius 3 is 2.55 bits per heavy atom. The maximum atomic E-state index is 12.7. The van der Waals surface area contributed by atoms with Gasteiger partial charge in [0.1, 0.15) is 0 Å². The lowest BCUT2D eigenvalue weighted by atomic mass is 10.2. The Balaban J connectivity index is 0.00000242. The lowest BCUT2D eigenvalue weighted by Gasteiger charge is -2.26. The summed E-state index contributed by atoms with van der Waals surface area (Å²) in [6.45, 7) is 1.90. The predicted octanol–water partition coefficient (Wildman–Crippen LogP) is -0.182. The molecule has 2 rings (SSSR count). The summed E-state index contributed by atoms with van der Waals surface area (Å²) in [6, 6.07) is 6.18. The molecule has 1 fully saturated rings. The highest BCUT2D eigenvalue weighted by atomic mass is 35.5. The second-order valence-corrected chi connectivity index (χ2v) is 6.46. The largest absolute Gasteiger partial charge is 0.379 e. The van der Waals surface area contributed by atoms with Crippen molar-refractivity contribution in [3.63, 3.8) is 0 Å². The number of carbonyl (C=O) groups excluding carboxylic acids is 1. The number of morpholine rings is 1. The van der Waals surface area contributed by atoms with Gasteiger partial charge in [0.25, 0.3) is 5.91 Å². The number of carbonyl (C=O) groups is 1. The fourth-order valence-electron chi connectivity index (χ4n) is 2.09. The highest BCUT2D eigenvalue weighted by Crippen LogP contribution is 2.21. The van der Waals surface area contributed by atoms with Crippen LogP contribution >= 0.6 is 12.4 Å². The zero-order valence-electron chi connectivity index (χ0n) is 12.0. The Kier molecular flexibility index (Phi) is 7.24. The Morgan fingerprint density at radius 1 is 1.27 bits per heavy atom. The normalized spacial score (nSPS) is 15.9. The summed E-state index contributed by atoms with van der Waals surface area (Å²) in [5.41, 5.74) is 5.48. The van der Waals surface area contributed by atoms with E-state index in [0.29, 0.717) is 39.4 Å². The number of rotatable bonds is 5. The Morgan fingerprint density at radius 2 is 1.91 bits per heavy atom. The number of hydrogen-bond acceptors (Lipinski definition) is 5. The van der Waals surface area contributed by atoms with Crippen LogP contribution < -0.4 is 11.1 Å². The molecule has 9 heteroatoms. The first-order chi connectivity index (χ1) is 10.1. The smallest absolute Gasteiger partial charge is 0.252 e. The van der Waals surface area contributed by atoms with Gasteiger partial charge in [0.15, 0.2) is 0 Å². The molecule has 0 radical (unpaired) electrons. The Bertz CT molecular complexity index is 603. The third-order valence-electron chi connectivity index (χ3n) is 3.15. The molecular weight excluding hydrogens is 330 g/mol. The van der Waals surface area contributed by atoms with Gasteiger partial charge in [-0.05, 0) is 12.1 Å². The van der Waals surface area contributed by atoms with E-state index in [1.807, 2.05) is 0 Å². The van der Waals surface area contributed by atoms with Gasteiger partial charge in [-0.1, -0.05) is 12.1 Å². The number of benzene rings is 1. The zero-order valence-corrected chi connectivity index (χ0v) is 13.7. The average molecular weight is 350 g/mol. The maximum absolute atomic E-state index is 12.7. The molecule has 1 heterocycles. The molecule has 1 saturated heterocycles. The minimum Gasteiger partial charge on any atom is -0.379 e. The third kappa shape index (κ3) is 4.17. The summed E-state index contributed by atoms with van der Waals surface area (Å²) < 4.78 is 31.8. The first kappa shape index (κ1) is 18.9. The van der Waals surface area contributed by atoms with Gasteiger partial charge in [0, 0.05) is 26.2 Å². The van der Waals surface area contributed by atoms with Crippen LogP contribution in [0.15, 0.2) is 29.2 Å². The van der Waals surface area contributed by atoms with Crippen molar-refractivity contribution >= 4 is 28.3 Å². The van der Waals surface area contributed by atoms with Crippen molar-refractivity contribution in [2.75, 3.05) is 39.4 Å². The Hall–Kier alpha value is -1.19. The molecule has 1 aliphatic rings. The van der Waals surface area contributed by atoms with Gasteiger partial charge in [0.2, 0.25) is 10.0 Å². The first-order valence-corrected chi connectivity index (χ1v) is 8.16. The lowest BCUT2D eigenvalue weighted by Crippen LogP contribution is -2.41. The topological polar surface area (TPSA) is 102 Å². The van der Waals surface area contributed by atoms with Gasteiger partial charge < -0.3 is 15.8 Å². The van der Waals surface area contributed by atoms with Crippen LogP contribution in [0.1, 0.15) is 10.4 Å². The molecule has 0 unspecified atom stereocenters.